The summed E-state index contributed by atoms with van der Waals surface area (Å²) in [6.07, 6.45) is 0.994. The van der Waals surface area contributed by atoms with Crippen LogP contribution < -0.4 is 0 Å². The zero-order valence-electron chi connectivity index (χ0n) is 17.6. The fourth-order valence-electron chi connectivity index (χ4n) is 6.12. The van der Waals surface area contributed by atoms with Crippen molar-refractivity contribution in [1.82, 2.24) is 0 Å². The third-order valence-corrected chi connectivity index (χ3v) is 7.39. The van der Waals surface area contributed by atoms with Crippen LogP contribution in [0.1, 0.15) is 43.0 Å². The van der Waals surface area contributed by atoms with Gasteiger partial charge in [0.25, 0.3) is 0 Å². The van der Waals surface area contributed by atoms with Gasteiger partial charge in [-0.2, -0.15) is 0 Å². The van der Waals surface area contributed by atoms with Crippen LogP contribution in [0.25, 0.3) is 0 Å². The zero-order chi connectivity index (χ0) is 21.8. The molecule has 4 aromatic carbocycles. The summed E-state index contributed by atoms with van der Waals surface area (Å²) in [6, 6.07) is 35.7. The summed E-state index contributed by atoms with van der Waals surface area (Å²) in [5.74, 6) is 0.123. The quantitative estimate of drug-likeness (QED) is 0.427. The number of benzene rings is 4. The van der Waals surface area contributed by atoms with Crippen LogP contribution in [0.3, 0.4) is 0 Å². The Balaban J connectivity index is 1.70. The van der Waals surface area contributed by atoms with E-state index in [1.54, 1.807) is 0 Å². The first-order valence-corrected chi connectivity index (χ1v) is 11.0. The van der Waals surface area contributed by atoms with E-state index >= 15 is 0 Å². The summed E-state index contributed by atoms with van der Waals surface area (Å²) >= 11 is 0. The lowest BCUT2D eigenvalue weighted by molar-refractivity contribution is 0.0735. The van der Waals surface area contributed by atoms with Crippen LogP contribution in [0.4, 0.5) is 0 Å². The number of hydrogen-bond donors (Lipinski definition) is 0. The number of fused-ring (bicyclic) bond motifs is 5. The van der Waals surface area contributed by atoms with Crippen molar-refractivity contribution in [2.45, 2.75) is 23.7 Å². The first kappa shape index (κ1) is 18.9. The highest BCUT2D eigenvalue weighted by molar-refractivity contribution is 6.25. The van der Waals surface area contributed by atoms with Crippen molar-refractivity contribution < 1.29 is 9.59 Å². The molecule has 0 spiro atoms. The molecular weight excluding hydrogens is 392 g/mol. The molecule has 0 heterocycles. The second-order valence-corrected chi connectivity index (χ2v) is 8.88. The van der Waals surface area contributed by atoms with E-state index in [2.05, 4.69) is 24.3 Å². The normalized spacial score (nSPS) is 23.0. The zero-order valence-corrected chi connectivity index (χ0v) is 17.6. The maximum Gasteiger partial charge on any atom is 0.175 e. The maximum absolute atomic E-state index is 14.4. The molecule has 2 aliphatic rings. The van der Waals surface area contributed by atoms with E-state index in [9.17, 15) is 9.59 Å². The summed E-state index contributed by atoms with van der Waals surface area (Å²) in [7, 11) is 0. The number of rotatable bonds is 4. The van der Waals surface area contributed by atoms with Crippen molar-refractivity contribution in [1.29, 1.82) is 0 Å². The minimum Gasteiger partial charge on any atom is -0.293 e. The molecule has 0 saturated carbocycles. The van der Waals surface area contributed by atoms with Crippen LogP contribution >= 0.6 is 0 Å². The molecule has 6 rings (SSSR count). The fraction of sp³-hybridized carbons (Fsp3) is 0.133. The Morgan fingerprint density at radius 1 is 0.438 bits per heavy atom. The minimum atomic E-state index is -0.957. The lowest BCUT2D eigenvalue weighted by Crippen LogP contribution is -2.52. The van der Waals surface area contributed by atoms with Gasteiger partial charge in [-0.05, 0) is 35.1 Å². The standard InChI is InChI=1S/C30H22O2/c31-27-24-16-8-10-18-26(24)30(20-22-13-5-2-6-14-22)28(32)23-15-7-9-17-25(23)29(27,30)19-21-11-3-1-4-12-21/h1-18H,19-20H2/t29-,30-/m0/s1. The van der Waals surface area contributed by atoms with E-state index < -0.39 is 10.8 Å². The van der Waals surface area contributed by atoms with E-state index in [4.69, 9.17) is 0 Å². The first-order valence-electron chi connectivity index (χ1n) is 11.0. The molecule has 154 valence electrons. The summed E-state index contributed by atoms with van der Waals surface area (Å²) in [5.41, 5.74) is 3.32. The van der Waals surface area contributed by atoms with Crippen molar-refractivity contribution in [2.24, 2.45) is 0 Å². The monoisotopic (exact) mass is 414 g/mol. The van der Waals surface area contributed by atoms with Gasteiger partial charge >= 0.3 is 0 Å². The Hall–Kier alpha value is -3.78. The average Bonchev–Trinajstić information content (AvgIpc) is 3.18. The van der Waals surface area contributed by atoms with Gasteiger partial charge in [0.1, 0.15) is 0 Å². The van der Waals surface area contributed by atoms with Gasteiger partial charge in [0.2, 0.25) is 0 Å². The lowest BCUT2D eigenvalue weighted by atomic mass is 9.58. The molecule has 2 aliphatic carbocycles. The van der Waals surface area contributed by atoms with Crippen LogP contribution in [0, 0.1) is 0 Å². The highest BCUT2D eigenvalue weighted by Crippen LogP contribution is 2.62. The number of carbonyl (C=O) groups excluding carboxylic acids is 2. The smallest absolute Gasteiger partial charge is 0.175 e. The molecule has 2 heteroatoms. The van der Waals surface area contributed by atoms with Crippen LogP contribution in [-0.4, -0.2) is 11.6 Å². The maximum atomic E-state index is 14.4. The van der Waals surface area contributed by atoms with Gasteiger partial charge in [0.05, 0.1) is 10.8 Å². The molecule has 0 bridgehead atoms. The van der Waals surface area contributed by atoms with Crippen LogP contribution in [0.2, 0.25) is 0 Å². The molecule has 0 fully saturated rings. The Labute approximate surface area is 187 Å². The van der Waals surface area contributed by atoms with Crippen molar-refractivity contribution in [3.05, 3.63) is 143 Å². The van der Waals surface area contributed by atoms with Gasteiger partial charge in [-0.3, -0.25) is 9.59 Å². The molecule has 0 radical (unpaired) electrons. The van der Waals surface area contributed by atoms with E-state index in [0.29, 0.717) is 24.0 Å². The van der Waals surface area contributed by atoms with Gasteiger partial charge in [-0.1, -0.05) is 109 Å². The van der Waals surface area contributed by atoms with E-state index in [0.717, 1.165) is 22.3 Å². The van der Waals surface area contributed by atoms with E-state index in [1.807, 2.05) is 84.9 Å². The Morgan fingerprint density at radius 2 is 0.781 bits per heavy atom. The molecule has 0 aliphatic heterocycles. The van der Waals surface area contributed by atoms with Crippen molar-refractivity contribution >= 4 is 11.6 Å². The number of carbonyl (C=O) groups is 2. The molecule has 32 heavy (non-hydrogen) atoms. The third kappa shape index (κ3) is 2.30. The van der Waals surface area contributed by atoms with Crippen LogP contribution in [-0.2, 0) is 23.7 Å². The van der Waals surface area contributed by atoms with Gasteiger partial charge in [0.15, 0.2) is 11.6 Å². The molecular formula is C30H22O2. The lowest BCUT2D eigenvalue weighted by Gasteiger charge is -2.40. The number of Topliss-reactive ketones (excluding diaryl/α,β-unsaturated/α-hetero) is 2. The van der Waals surface area contributed by atoms with Gasteiger partial charge in [-0.25, -0.2) is 0 Å². The predicted octanol–water partition coefficient (Wildman–Crippen LogP) is 5.74. The summed E-state index contributed by atoms with van der Waals surface area (Å²) in [6.45, 7) is 0. The summed E-state index contributed by atoms with van der Waals surface area (Å²) in [5, 5.41) is 0. The average molecular weight is 415 g/mol. The third-order valence-electron chi connectivity index (χ3n) is 7.39. The molecule has 0 saturated heterocycles. The molecule has 0 aromatic heterocycles. The van der Waals surface area contributed by atoms with Gasteiger partial charge in [-0.15, -0.1) is 0 Å². The second-order valence-electron chi connectivity index (χ2n) is 8.88. The topological polar surface area (TPSA) is 34.1 Å². The highest BCUT2D eigenvalue weighted by atomic mass is 16.1. The largest absolute Gasteiger partial charge is 0.293 e. The molecule has 0 amide bonds. The van der Waals surface area contributed by atoms with Crippen LogP contribution in [0.5, 0.6) is 0 Å². The Bertz CT molecular complexity index is 1250. The Kier molecular flexibility index (Phi) is 4.06. The van der Waals surface area contributed by atoms with Gasteiger partial charge < -0.3 is 0 Å². The van der Waals surface area contributed by atoms with Crippen molar-refractivity contribution in [3.8, 4) is 0 Å². The Morgan fingerprint density at radius 3 is 1.19 bits per heavy atom. The fourth-order valence-corrected chi connectivity index (χ4v) is 6.12. The first-order chi connectivity index (χ1) is 15.7. The molecule has 0 unspecified atom stereocenters. The molecule has 2 nitrogen and oxygen atoms in total. The van der Waals surface area contributed by atoms with Crippen molar-refractivity contribution in [3.63, 3.8) is 0 Å². The number of ketones is 2. The molecule has 4 aromatic rings. The highest BCUT2D eigenvalue weighted by Gasteiger charge is 2.71. The molecule has 2 atom stereocenters. The van der Waals surface area contributed by atoms with Gasteiger partial charge in [0, 0.05) is 11.1 Å². The van der Waals surface area contributed by atoms with E-state index in [-0.39, 0.29) is 11.6 Å². The predicted molar refractivity (Wildman–Crippen MR) is 125 cm³/mol. The molecule has 0 N–H and O–H groups in total. The number of hydrogen-bond acceptors (Lipinski definition) is 2. The van der Waals surface area contributed by atoms with Crippen molar-refractivity contribution in [2.75, 3.05) is 0 Å². The minimum absolute atomic E-state index is 0.0613. The summed E-state index contributed by atoms with van der Waals surface area (Å²) in [4.78, 5) is 28.7. The SMILES string of the molecule is O=C1c2ccccc2[C@@]2(Cc3ccccc3)C(=O)c3ccccc3[C@@]12Cc1ccccc1. The second kappa shape index (κ2) is 6.86. The summed E-state index contributed by atoms with van der Waals surface area (Å²) < 4.78 is 0. The van der Waals surface area contributed by atoms with E-state index in [1.165, 1.54) is 0 Å². The van der Waals surface area contributed by atoms with Crippen LogP contribution in [0.15, 0.2) is 109 Å².